The molecule has 0 unspecified atom stereocenters. The number of hydrogen-bond donors (Lipinski definition) is 1. The number of benzene rings is 1. The minimum atomic E-state index is 0.572. The van der Waals surface area contributed by atoms with Crippen molar-refractivity contribution < 1.29 is 4.74 Å². The molecule has 0 radical (unpaired) electrons. The molecule has 16 heavy (non-hydrogen) atoms. The van der Waals surface area contributed by atoms with Gasteiger partial charge in [0.05, 0.1) is 24.4 Å². The highest BCUT2D eigenvalue weighted by molar-refractivity contribution is 5.81. The molecule has 0 aliphatic carbocycles. The lowest BCUT2D eigenvalue weighted by Crippen LogP contribution is -2.14. The summed E-state index contributed by atoms with van der Waals surface area (Å²) in [6, 6.07) is 8.20. The molecule has 0 atom stereocenters. The highest BCUT2D eigenvalue weighted by Crippen LogP contribution is 2.17. The van der Waals surface area contributed by atoms with Gasteiger partial charge in [-0.2, -0.15) is 5.10 Å². The molecule has 1 aromatic heterocycles. The molecule has 2 aromatic rings. The van der Waals surface area contributed by atoms with Gasteiger partial charge in [-0.1, -0.05) is 18.2 Å². The number of nitrogens with zero attached hydrogens (tertiary/aromatic N) is 2. The second-order valence-corrected chi connectivity index (χ2v) is 3.74. The minimum Gasteiger partial charge on any atom is -0.374 e. The van der Waals surface area contributed by atoms with E-state index in [9.17, 15) is 0 Å². The van der Waals surface area contributed by atoms with Crippen molar-refractivity contribution in [3.63, 3.8) is 0 Å². The van der Waals surface area contributed by atoms with E-state index in [4.69, 9.17) is 4.74 Å². The molecule has 1 aromatic carbocycles. The average Bonchev–Trinajstić information content (AvgIpc) is 2.63. The number of aromatic nitrogens is 2. The van der Waals surface area contributed by atoms with Crippen LogP contribution in [0.3, 0.4) is 0 Å². The van der Waals surface area contributed by atoms with Crippen LogP contribution in [-0.2, 0) is 18.4 Å². The summed E-state index contributed by atoms with van der Waals surface area (Å²) in [7, 11) is 3.87. The fourth-order valence-electron chi connectivity index (χ4n) is 1.74. The van der Waals surface area contributed by atoms with Gasteiger partial charge in [0.15, 0.2) is 0 Å². The molecule has 4 nitrogen and oxygen atoms in total. The maximum Gasteiger partial charge on any atom is 0.0960 e. The van der Waals surface area contributed by atoms with Gasteiger partial charge in [0.25, 0.3) is 0 Å². The number of fused-ring (bicyclic) bond motifs is 1. The van der Waals surface area contributed by atoms with Gasteiger partial charge in [-0.3, -0.25) is 4.68 Å². The van der Waals surface area contributed by atoms with Crippen LogP contribution in [0.1, 0.15) is 5.69 Å². The smallest absolute Gasteiger partial charge is 0.0960 e. The van der Waals surface area contributed by atoms with Crippen molar-refractivity contribution in [2.75, 3.05) is 20.2 Å². The Morgan fingerprint density at radius 1 is 1.38 bits per heavy atom. The summed E-state index contributed by atoms with van der Waals surface area (Å²) in [5.74, 6) is 0. The largest absolute Gasteiger partial charge is 0.374 e. The molecule has 0 fully saturated rings. The summed E-state index contributed by atoms with van der Waals surface area (Å²) in [5, 5.41) is 8.68. The van der Waals surface area contributed by atoms with E-state index in [1.807, 2.05) is 30.9 Å². The fourth-order valence-corrected chi connectivity index (χ4v) is 1.74. The molecule has 2 rings (SSSR count). The normalized spacial score (nSPS) is 11.1. The van der Waals surface area contributed by atoms with Gasteiger partial charge in [-0.25, -0.2) is 0 Å². The van der Waals surface area contributed by atoms with E-state index < -0.39 is 0 Å². The Kier molecular flexibility index (Phi) is 3.54. The Balaban J connectivity index is 2.12. The third-order valence-electron chi connectivity index (χ3n) is 2.57. The first kappa shape index (κ1) is 11.1. The van der Waals surface area contributed by atoms with Crippen LogP contribution >= 0.6 is 0 Å². The molecular weight excluding hydrogens is 202 g/mol. The van der Waals surface area contributed by atoms with Crippen molar-refractivity contribution in [3.05, 3.63) is 30.0 Å². The molecule has 1 N–H and O–H groups in total. The highest BCUT2D eigenvalue weighted by Gasteiger charge is 2.06. The van der Waals surface area contributed by atoms with Crippen molar-refractivity contribution in [2.45, 2.75) is 6.61 Å². The van der Waals surface area contributed by atoms with Crippen LogP contribution in [0.15, 0.2) is 24.3 Å². The zero-order valence-corrected chi connectivity index (χ0v) is 9.73. The van der Waals surface area contributed by atoms with Crippen LogP contribution in [0, 0.1) is 0 Å². The summed E-state index contributed by atoms with van der Waals surface area (Å²) < 4.78 is 7.44. The van der Waals surface area contributed by atoms with Gasteiger partial charge in [0, 0.05) is 19.0 Å². The SMILES string of the molecule is CNCCOCc1nn(C)c2ccccc12. The monoisotopic (exact) mass is 219 g/mol. The van der Waals surface area contributed by atoms with Gasteiger partial charge >= 0.3 is 0 Å². The third kappa shape index (κ3) is 2.23. The molecule has 0 aliphatic heterocycles. The van der Waals surface area contributed by atoms with E-state index >= 15 is 0 Å². The molecule has 0 amide bonds. The standard InChI is InChI=1S/C12H17N3O/c1-13-7-8-16-9-11-10-5-3-4-6-12(10)15(2)14-11/h3-6,13H,7-9H2,1-2H3. The molecule has 0 spiro atoms. The van der Waals surface area contributed by atoms with Gasteiger partial charge in [-0.05, 0) is 13.1 Å². The maximum absolute atomic E-state index is 5.54. The van der Waals surface area contributed by atoms with E-state index in [1.165, 1.54) is 5.39 Å². The summed E-state index contributed by atoms with van der Waals surface area (Å²) >= 11 is 0. The Hall–Kier alpha value is -1.39. The molecule has 1 heterocycles. The molecule has 86 valence electrons. The molecular formula is C12H17N3O. The minimum absolute atomic E-state index is 0.572. The lowest BCUT2D eigenvalue weighted by atomic mass is 10.2. The van der Waals surface area contributed by atoms with Crippen LogP contribution in [0.5, 0.6) is 0 Å². The lowest BCUT2D eigenvalue weighted by Gasteiger charge is -2.01. The first-order chi connectivity index (χ1) is 7.83. The highest BCUT2D eigenvalue weighted by atomic mass is 16.5. The Bertz CT molecular complexity index is 464. The quantitative estimate of drug-likeness (QED) is 0.771. The second kappa shape index (κ2) is 5.09. The number of para-hydroxylation sites is 1. The molecule has 0 aliphatic rings. The van der Waals surface area contributed by atoms with Gasteiger partial charge in [0.2, 0.25) is 0 Å². The van der Waals surface area contributed by atoms with Gasteiger partial charge in [-0.15, -0.1) is 0 Å². The summed E-state index contributed by atoms with van der Waals surface area (Å²) in [6.07, 6.45) is 0. The maximum atomic E-state index is 5.54. The number of hydrogen-bond acceptors (Lipinski definition) is 3. The van der Waals surface area contributed by atoms with E-state index in [0.29, 0.717) is 13.2 Å². The second-order valence-electron chi connectivity index (χ2n) is 3.74. The zero-order valence-electron chi connectivity index (χ0n) is 9.73. The van der Waals surface area contributed by atoms with Crippen LogP contribution < -0.4 is 5.32 Å². The number of aryl methyl sites for hydroxylation is 1. The summed E-state index contributed by atoms with van der Waals surface area (Å²) in [6.45, 7) is 2.15. The molecule has 0 bridgehead atoms. The Morgan fingerprint density at radius 2 is 2.19 bits per heavy atom. The summed E-state index contributed by atoms with van der Waals surface area (Å²) in [4.78, 5) is 0. The fraction of sp³-hybridized carbons (Fsp3) is 0.417. The Labute approximate surface area is 95.2 Å². The van der Waals surface area contributed by atoms with E-state index in [2.05, 4.69) is 22.5 Å². The molecule has 4 heteroatoms. The molecule has 0 saturated heterocycles. The van der Waals surface area contributed by atoms with Crippen LogP contribution in [0.25, 0.3) is 10.9 Å². The number of ether oxygens (including phenoxy) is 1. The zero-order chi connectivity index (χ0) is 11.4. The molecule has 0 saturated carbocycles. The van der Waals surface area contributed by atoms with E-state index in [-0.39, 0.29) is 0 Å². The van der Waals surface area contributed by atoms with Crippen molar-refractivity contribution in [2.24, 2.45) is 7.05 Å². The lowest BCUT2D eigenvalue weighted by molar-refractivity contribution is 0.122. The van der Waals surface area contributed by atoms with E-state index in [0.717, 1.165) is 17.8 Å². The Morgan fingerprint density at radius 3 is 3.00 bits per heavy atom. The van der Waals surface area contributed by atoms with Crippen molar-refractivity contribution >= 4 is 10.9 Å². The predicted molar refractivity (Wildman–Crippen MR) is 64.3 cm³/mol. The average molecular weight is 219 g/mol. The third-order valence-corrected chi connectivity index (χ3v) is 2.57. The first-order valence-corrected chi connectivity index (χ1v) is 5.46. The van der Waals surface area contributed by atoms with Crippen LogP contribution in [0.4, 0.5) is 0 Å². The summed E-state index contributed by atoms with van der Waals surface area (Å²) in [5.41, 5.74) is 2.16. The number of likely N-dealkylation sites (N-methyl/N-ethyl adjacent to an activating group) is 1. The first-order valence-electron chi connectivity index (χ1n) is 5.46. The van der Waals surface area contributed by atoms with Gasteiger partial charge < -0.3 is 10.1 Å². The van der Waals surface area contributed by atoms with Crippen molar-refractivity contribution in [3.8, 4) is 0 Å². The van der Waals surface area contributed by atoms with Crippen LogP contribution in [-0.4, -0.2) is 30.0 Å². The predicted octanol–water partition coefficient (Wildman–Crippen LogP) is 1.31. The topological polar surface area (TPSA) is 39.1 Å². The van der Waals surface area contributed by atoms with Crippen LogP contribution in [0.2, 0.25) is 0 Å². The van der Waals surface area contributed by atoms with Crippen molar-refractivity contribution in [1.29, 1.82) is 0 Å². The van der Waals surface area contributed by atoms with E-state index in [1.54, 1.807) is 0 Å². The van der Waals surface area contributed by atoms with Gasteiger partial charge in [0.1, 0.15) is 0 Å². The number of rotatable bonds is 5. The van der Waals surface area contributed by atoms with Crippen molar-refractivity contribution in [1.82, 2.24) is 15.1 Å². The number of nitrogens with one attached hydrogen (secondary N) is 1.